The van der Waals surface area contributed by atoms with Crippen molar-refractivity contribution in [3.8, 4) is 0 Å². The molecule has 1 aromatic heterocycles. The second kappa shape index (κ2) is 5.91. The quantitative estimate of drug-likeness (QED) is 0.778. The van der Waals surface area contributed by atoms with E-state index in [0.717, 1.165) is 13.1 Å². The van der Waals surface area contributed by atoms with E-state index in [0.29, 0.717) is 12.0 Å². The molecule has 0 aromatic carbocycles. The van der Waals surface area contributed by atoms with Gasteiger partial charge in [0, 0.05) is 18.8 Å². The van der Waals surface area contributed by atoms with Crippen molar-refractivity contribution in [3.05, 3.63) is 18.0 Å². The predicted octanol–water partition coefficient (Wildman–Crippen LogP) is 2.22. The summed E-state index contributed by atoms with van der Waals surface area (Å²) in [7, 11) is 0. The molecule has 0 aliphatic heterocycles. The molecule has 3 heteroatoms. The van der Waals surface area contributed by atoms with Gasteiger partial charge in [-0.05, 0) is 24.8 Å². The summed E-state index contributed by atoms with van der Waals surface area (Å²) in [5.41, 5.74) is 1.23. The highest BCUT2D eigenvalue weighted by Gasteiger charge is 2.09. The molecular weight excluding hydrogens is 186 g/mol. The number of aromatic nitrogens is 2. The molecule has 3 nitrogen and oxygen atoms in total. The molecule has 0 spiro atoms. The molecule has 1 unspecified atom stereocenters. The van der Waals surface area contributed by atoms with Crippen LogP contribution in [0.4, 0.5) is 0 Å². The number of aryl methyl sites for hydroxylation is 1. The van der Waals surface area contributed by atoms with Crippen LogP contribution >= 0.6 is 0 Å². The summed E-state index contributed by atoms with van der Waals surface area (Å²) in [6, 6.07) is 0.627. The number of hydrogen-bond donors (Lipinski definition) is 1. The van der Waals surface area contributed by atoms with Crippen LogP contribution in [0.2, 0.25) is 0 Å². The third-order valence-electron chi connectivity index (χ3n) is 2.75. The van der Waals surface area contributed by atoms with E-state index in [9.17, 15) is 0 Å². The van der Waals surface area contributed by atoms with Gasteiger partial charge < -0.3 is 5.32 Å². The molecule has 1 heterocycles. The van der Waals surface area contributed by atoms with Gasteiger partial charge in [0.05, 0.1) is 12.7 Å². The Kier molecular flexibility index (Phi) is 4.82. The third kappa shape index (κ3) is 4.04. The van der Waals surface area contributed by atoms with Crippen LogP contribution in [0.15, 0.2) is 12.4 Å². The lowest BCUT2D eigenvalue weighted by atomic mass is 10.0. The fraction of sp³-hybridized carbons (Fsp3) is 0.750. The van der Waals surface area contributed by atoms with Crippen LogP contribution in [0.25, 0.3) is 0 Å². The van der Waals surface area contributed by atoms with Crippen LogP contribution < -0.4 is 5.32 Å². The predicted molar refractivity (Wildman–Crippen MR) is 63.9 cm³/mol. The van der Waals surface area contributed by atoms with Gasteiger partial charge in [-0.25, -0.2) is 0 Å². The lowest BCUT2D eigenvalue weighted by molar-refractivity contribution is 0.377. The zero-order valence-electron chi connectivity index (χ0n) is 10.3. The van der Waals surface area contributed by atoms with Crippen LogP contribution in [-0.4, -0.2) is 22.4 Å². The molecule has 15 heavy (non-hydrogen) atoms. The Labute approximate surface area is 92.9 Å². The number of hydrogen-bond acceptors (Lipinski definition) is 2. The molecule has 0 bridgehead atoms. The molecule has 0 saturated carbocycles. The van der Waals surface area contributed by atoms with E-state index in [4.69, 9.17) is 0 Å². The molecule has 0 radical (unpaired) electrons. The Bertz CT molecular complexity index is 278. The Morgan fingerprint density at radius 1 is 1.47 bits per heavy atom. The highest BCUT2D eigenvalue weighted by atomic mass is 15.3. The van der Waals surface area contributed by atoms with Crippen molar-refractivity contribution in [1.82, 2.24) is 15.1 Å². The highest BCUT2D eigenvalue weighted by molar-refractivity contribution is 4.99. The molecule has 1 atom stereocenters. The largest absolute Gasteiger partial charge is 0.312 e. The summed E-state index contributed by atoms with van der Waals surface area (Å²) in [4.78, 5) is 0. The van der Waals surface area contributed by atoms with E-state index in [1.165, 1.54) is 12.0 Å². The smallest absolute Gasteiger partial charge is 0.0534 e. The monoisotopic (exact) mass is 209 g/mol. The number of nitrogens with one attached hydrogen (secondary N) is 1. The third-order valence-corrected chi connectivity index (χ3v) is 2.75. The minimum atomic E-state index is 0.627. The van der Waals surface area contributed by atoms with Crippen molar-refractivity contribution < 1.29 is 0 Å². The molecule has 0 aliphatic rings. The minimum absolute atomic E-state index is 0.627. The Morgan fingerprint density at radius 3 is 2.67 bits per heavy atom. The lowest BCUT2D eigenvalue weighted by Gasteiger charge is -2.20. The van der Waals surface area contributed by atoms with E-state index in [1.807, 2.05) is 10.9 Å². The molecule has 0 saturated heterocycles. The summed E-state index contributed by atoms with van der Waals surface area (Å²) in [6.07, 6.45) is 5.17. The summed E-state index contributed by atoms with van der Waals surface area (Å²) in [6.45, 7) is 10.8. The first-order chi connectivity index (χ1) is 7.13. The van der Waals surface area contributed by atoms with Crippen molar-refractivity contribution in [2.75, 3.05) is 6.54 Å². The van der Waals surface area contributed by atoms with Gasteiger partial charge in [-0.2, -0.15) is 5.10 Å². The van der Waals surface area contributed by atoms with Gasteiger partial charge in [0.2, 0.25) is 0 Å². The van der Waals surface area contributed by atoms with Gasteiger partial charge in [0.25, 0.3) is 0 Å². The summed E-state index contributed by atoms with van der Waals surface area (Å²) in [5, 5.41) is 7.83. The standard InChI is InChI=1S/C12H23N3/c1-5-12(10(2)3)13-6-7-15-9-11(4)8-14-15/h8-10,12-13H,5-7H2,1-4H3. The molecule has 86 valence electrons. The molecule has 0 amide bonds. The highest BCUT2D eigenvalue weighted by Crippen LogP contribution is 2.04. The molecule has 0 aliphatic carbocycles. The van der Waals surface area contributed by atoms with E-state index in [2.05, 4.69) is 44.3 Å². The van der Waals surface area contributed by atoms with Crippen molar-refractivity contribution in [3.63, 3.8) is 0 Å². The molecule has 1 aromatic rings. The van der Waals surface area contributed by atoms with E-state index >= 15 is 0 Å². The van der Waals surface area contributed by atoms with Crippen LogP contribution in [0.5, 0.6) is 0 Å². The van der Waals surface area contributed by atoms with Crippen molar-refractivity contribution >= 4 is 0 Å². The van der Waals surface area contributed by atoms with Gasteiger partial charge in [-0.3, -0.25) is 4.68 Å². The average molecular weight is 209 g/mol. The zero-order chi connectivity index (χ0) is 11.3. The van der Waals surface area contributed by atoms with E-state index < -0.39 is 0 Å². The second-order valence-corrected chi connectivity index (χ2v) is 4.49. The maximum Gasteiger partial charge on any atom is 0.0534 e. The van der Waals surface area contributed by atoms with Gasteiger partial charge >= 0.3 is 0 Å². The Balaban J connectivity index is 2.26. The molecule has 0 fully saturated rings. The first kappa shape index (κ1) is 12.2. The Morgan fingerprint density at radius 2 is 2.20 bits per heavy atom. The zero-order valence-corrected chi connectivity index (χ0v) is 10.3. The van der Waals surface area contributed by atoms with Crippen molar-refractivity contribution in [2.24, 2.45) is 5.92 Å². The van der Waals surface area contributed by atoms with Crippen LogP contribution in [0.1, 0.15) is 32.8 Å². The topological polar surface area (TPSA) is 29.9 Å². The molecular formula is C12H23N3. The summed E-state index contributed by atoms with van der Waals surface area (Å²) in [5.74, 6) is 0.703. The summed E-state index contributed by atoms with van der Waals surface area (Å²) >= 11 is 0. The van der Waals surface area contributed by atoms with Crippen LogP contribution in [0, 0.1) is 12.8 Å². The number of nitrogens with zero attached hydrogens (tertiary/aromatic N) is 2. The average Bonchev–Trinajstić information content (AvgIpc) is 2.58. The van der Waals surface area contributed by atoms with Gasteiger partial charge in [-0.15, -0.1) is 0 Å². The normalized spacial score (nSPS) is 13.4. The summed E-state index contributed by atoms with van der Waals surface area (Å²) < 4.78 is 2.00. The number of rotatable bonds is 6. The van der Waals surface area contributed by atoms with Gasteiger partial charge in [-0.1, -0.05) is 20.8 Å². The van der Waals surface area contributed by atoms with Crippen LogP contribution in [0.3, 0.4) is 0 Å². The van der Waals surface area contributed by atoms with Crippen molar-refractivity contribution in [2.45, 2.75) is 46.7 Å². The first-order valence-corrected chi connectivity index (χ1v) is 5.86. The Hall–Kier alpha value is -0.830. The fourth-order valence-corrected chi connectivity index (χ4v) is 1.81. The maximum atomic E-state index is 4.26. The molecule has 1 N–H and O–H groups in total. The van der Waals surface area contributed by atoms with E-state index in [1.54, 1.807) is 0 Å². The molecule has 1 rings (SSSR count). The maximum absolute atomic E-state index is 4.26. The SMILES string of the molecule is CCC(NCCn1cc(C)cn1)C(C)C. The lowest BCUT2D eigenvalue weighted by Crippen LogP contribution is -2.35. The van der Waals surface area contributed by atoms with Crippen molar-refractivity contribution in [1.29, 1.82) is 0 Å². The first-order valence-electron chi connectivity index (χ1n) is 5.86. The second-order valence-electron chi connectivity index (χ2n) is 4.49. The van der Waals surface area contributed by atoms with Crippen LogP contribution in [-0.2, 0) is 6.54 Å². The van der Waals surface area contributed by atoms with Gasteiger partial charge in [0.15, 0.2) is 0 Å². The van der Waals surface area contributed by atoms with Gasteiger partial charge in [0.1, 0.15) is 0 Å². The fourth-order valence-electron chi connectivity index (χ4n) is 1.81. The minimum Gasteiger partial charge on any atom is -0.312 e. The van der Waals surface area contributed by atoms with E-state index in [-0.39, 0.29) is 0 Å².